The Kier molecular flexibility index (Phi) is 6.31. The van der Waals surface area contributed by atoms with Crippen LogP contribution in [-0.2, 0) is 14.3 Å². The van der Waals surface area contributed by atoms with Crippen molar-refractivity contribution in [3.05, 3.63) is 53.5 Å². The van der Waals surface area contributed by atoms with Crippen LogP contribution in [0.15, 0.2) is 42.1 Å². The van der Waals surface area contributed by atoms with Gasteiger partial charge in [-0.25, -0.2) is 4.79 Å². The van der Waals surface area contributed by atoms with E-state index >= 15 is 0 Å². The largest absolute Gasteiger partial charge is 0.451 e. The summed E-state index contributed by atoms with van der Waals surface area (Å²) in [6.45, 7) is 3.80. The van der Waals surface area contributed by atoms with Crippen LogP contribution < -0.4 is 0 Å². The molecule has 0 bridgehead atoms. The molecule has 0 saturated heterocycles. The van der Waals surface area contributed by atoms with Crippen LogP contribution in [0.4, 0.5) is 0 Å². The molecule has 2 aromatic rings. The number of hydrogen-bond acceptors (Lipinski definition) is 6. The van der Waals surface area contributed by atoms with Crippen LogP contribution in [-0.4, -0.2) is 50.1 Å². The highest BCUT2D eigenvalue weighted by molar-refractivity contribution is 6.15. The molecule has 1 aromatic carbocycles. The maximum atomic E-state index is 12.7. The summed E-state index contributed by atoms with van der Waals surface area (Å²) in [5.74, 6) is -0.461. The first kappa shape index (κ1) is 19.5. The van der Waals surface area contributed by atoms with Gasteiger partial charge in [0, 0.05) is 12.2 Å². The fourth-order valence-electron chi connectivity index (χ4n) is 3.09. The number of carbonyl (C=O) groups is 2. The Bertz CT molecular complexity index is 902. The molecule has 0 aliphatic heterocycles. The average Bonchev–Trinajstić information content (AvgIpc) is 3.38. The summed E-state index contributed by atoms with van der Waals surface area (Å²) in [7, 11) is 0. The van der Waals surface area contributed by atoms with Crippen molar-refractivity contribution >= 4 is 23.6 Å². The second-order valence-electron chi connectivity index (χ2n) is 6.38. The molecule has 8 nitrogen and oxygen atoms in total. The van der Waals surface area contributed by atoms with Gasteiger partial charge < -0.3 is 9.64 Å². The van der Waals surface area contributed by atoms with Gasteiger partial charge in [-0.05, 0) is 55.2 Å². The summed E-state index contributed by atoms with van der Waals surface area (Å²) in [4.78, 5) is 27.0. The highest BCUT2D eigenvalue weighted by Gasteiger charge is 2.22. The zero-order valence-corrected chi connectivity index (χ0v) is 16.0. The number of rotatable bonds is 7. The fourth-order valence-corrected chi connectivity index (χ4v) is 3.09. The van der Waals surface area contributed by atoms with E-state index in [1.807, 2.05) is 37.3 Å². The summed E-state index contributed by atoms with van der Waals surface area (Å²) in [6.07, 6.45) is 6.58. The predicted molar refractivity (Wildman–Crippen MR) is 103 cm³/mol. The monoisotopic (exact) mass is 381 g/mol. The zero-order valence-electron chi connectivity index (χ0n) is 16.0. The molecule has 0 saturated carbocycles. The van der Waals surface area contributed by atoms with Gasteiger partial charge in [-0.1, -0.05) is 36.4 Å². The van der Waals surface area contributed by atoms with Crippen molar-refractivity contribution in [2.45, 2.75) is 33.1 Å². The lowest BCUT2D eigenvalue weighted by Crippen LogP contribution is -2.33. The SMILES string of the molecule is CCN(C(=O)COC(=O)/C(=C/c1ccccc1)n1nnnc1C)C1=CCCC1. The van der Waals surface area contributed by atoms with E-state index in [9.17, 15) is 9.59 Å². The molecule has 0 radical (unpaired) electrons. The van der Waals surface area contributed by atoms with Crippen molar-refractivity contribution in [3.8, 4) is 0 Å². The first-order valence-electron chi connectivity index (χ1n) is 9.28. The molecule has 28 heavy (non-hydrogen) atoms. The number of allylic oxidation sites excluding steroid dienone is 2. The lowest BCUT2D eigenvalue weighted by molar-refractivity contribution is -0.146. The smallest absolute Gasteiger partial charge is 0.357 e. The number of aromatic nitrogens is 4. The summed E-state index contributed by atoms with van der Waals surface area (Å²) < 4.78 is 6.62. The van der Waals surface area contributed by atoms with E-state index in [1.165, 1.54) is 4.68 Å². The number of tetrazole rings is 1. The van der Waals surface area contributed by atoms with E-state index in [-0.39, 0.29) is 18.2 Å². The number of ether oxygens (including phenoxy) is 1. The van der Waals surface area contributed by atoms with E-state index in [0.717, 1.165) is 30.5 Å². The molecule has 1 aromatic heterocycles. The number of amides is 1. The topological polar surface area (TPSA) is 90.2 Å². The summed E-state index contributed by atoms with van der Waals surface area (Å²) >= 11 is 0. The van der Waals surface area contributed by atoms with Crippen LogP contribution in [0.25, 0.3) is 11.8 Å². The van der Waals surface area contributed by atoms with Crippen LogP contribution in [0.5, 0.6) is 0 Å². The van der Waals surface area contributed by atoms with Crippen molar-refractivity contribution in [1.29, 1.82) is 0 Å². The van der Waals surface area contributed by atoms with Gasteiger partial charge in [0.05, 0.1) is 0 Å². The highest BCUT2D eigenvalue weighted by Crippen LogP contribution is 2.21. The molecule has 8 heteroatoms. The lowest BCUT2D eigenvalue weighted by atomic mass is 10.2. The number of esters is 1. The normalized spacial score (nSPS) is 13.9. The summed E-state index contributed by atoms with van der Waals surface area (Å²) in [5.41, 5.74) is 1.94. The van der Waals surface area contributed by atoms with E-state index in [0.29, 0.717) is 12.4 Å². The summed E-state index contributed by atoms with van der Waals surface area (Å²) in [6, 6.07) is 9.30. The molecule has 3 rings (SSSR count). The van der Waals surface area contributed by atoms with Gasteiger partial charge in [0.2, 0.25) is 0 Å². The molecule has 1 aliphatic rings. The van der Waals surface area contributed by atoms with Crippen LogP contribution in [0.3, 0.4) is 0 Å². The molecule has 0 N–H and O–H groups in total. The average molecular weight is 381 g/mol. The number of likely N-dealkylation sites (N-methyl/N-ethyl adjacent to an activating group) is 1. The van der Waals surface area contributed by atoms with E-state index < -0.39 is 5.97 Å². The number of benzene rings is 1. The second kappa shape index (κ2) is 9.07. The first-order valence-corrected chi connectivity index (χ1v) is 9.28. The number of carbonyl (C=O) groups excluding carboxylic acids is 2. The molecular weight excluding hydrogens is 358 g/mol. The molecule has 1 heterocycles. The van der Waals surface area contributed by atoms with E-state index in [4.69, 9.17) is 4.74 Å². The van der Waals surface area contributed by atoms with Gasteiger partial charge in [-0.2, -0.15) is 4.68 Å². The van der Waals surface area contributed by atoms with Crippen molar-refractivity contribution in [3.63, 3.8) is 0 Å². The Balaban J connectivity index is 1.76. The molecule has 1 aliphatic carbocycles. The number of hydrogen-bond donors (Lipinski definition) is 0. The second-order valence-corrected chi connectivity index (χ2v) is 6.38. The Morgan fingerprint density at radius 2 is 2.07 bits per heavy atom. The van der Waals surface area contributed by atoms with Crippen molar-refractivity contribution in [1.82, 2.24) is 25.1 Å². The van der Waals surface area contributed by atoms with Crippen molar-refractivity contribution < 1.29 is 14.3 Å². The molecule has 1 amide bonds. The van der Waals surface area contributed by atoms with Gasteiger partial charge in [-0.15, -0.1) is 5.10 Å². The minimum Gasteiger partial charge on any atom is -0.451 e. The van der Waals surface area contributed by atoms with Crippen LogP contribution in [0.1, 0.15) is 37.6 Å². The molecule has 0 atom stereocenters. The Morgan fingerprint density at radius 1 is 1.29 bits per heavy atom. The van der Waals surface area contributed by atoms with E-state index in [2.05, 4.69) is 21.6 Å². The highest BCUT2D eigenvalue weighted by atomic mass is 16.5. The van der Waals surface area contributed by atoms with Gasteiger partial charge in [0.15, 0.2) is 18.1 Å². The molecular formula is C20H23N5O3. The molecule has 0 unspecified atom stereocenters. The van der Waals surface area contributed by atoms with E-state index in [1.54, 1.807) is 17.9 Å². The standard InChI is InChI=1S/C20H23N5O3/c1-3-24(17-11-7-8-12-17)19(26)14-28-20(27)18(25-15(2)21-22-23-25)13-16-9-5-4-6-10-16/h4-6,9-11,13H,3,7-8,12,14H2,1-2H3/b18-13-. The third kappa shape index (κ3) is 4.51. The third-order valence-electron chi connectivity index (χ3n) is 4.47. The van der Waals surface area contributed by atoms with Crippen LogP contribution in [0.2, 0.25) is 0 Å². The minimum absolute atomic E-state index is 0.143. The predicted octanol–water partition coefficient (Wildman–Crippen LogP) is 2.44. The zero-order chi connectivity index (χ0) is 19.9. The van der Waals surface area contributed by atoms with Gasteiger partial charge in [-0.3, -0.25) is 4.79 Å². The first-order chi connectivity index (χ1) is 13.6. The number of aryl methyl sites for hydroxylation is 1. The third-order valence-corrected chi connectivity index (χ3v) is 4.47. The summed E-state index contributed by atoms with van der Waals surface area (Å²) in [5, 5.41) is 11.3. The molecule has 146 valence electrons. The molecule has 0 spiro atoms. The Labute approximate surface area is 163 Å². The van der Waals surface area contributed by atoms with Gasteiger partial charge in [0.1, 0.15) is 0 Å². The Hall–Kier alpha value is -3.29. The van der Waals surface area contributed by atoms with Gasteiger partial charge in [0.25, 0.3) is 5.91 Å². The van der Waals surface area contributed by atoms with Crippen molar-refractivity contribution in [2.75, 3.05) is 13.2 Å². The minimum atomic E-state index is -0.663. The van der Waals surface area contributed by atoms with Crippen molar-refractivity contribution in [2.24, 2.45) is 0 Å². The maximum Gasteiger partial charge on any atom is 0.357 e. The van der Waals surface area contributed by atoms with Crippen LogP contribution in [0, 0.1) is 6.92 Å². The Morgan fingerprint density at radius 3 is 2.68 bits per heavy atom. The van der Waals surface area contributed by atoms with Gasteiger partial charge >= 0.3 is 5.97 Å². The quantitative estimate of drug-likeness (QED) is 0.540. The molecule has 0 fully saturated rings. The fraction of sp³-hybridized carbons (Fsp3) is 0.350. The van der Waals surface area contributed by atoms with Crippen LogP contribution >= 0.6 is 0 Å². The lowest BCUT2D eigenvalue weighted by Gasteiger charge is -2.22. The number of nitrogens with zero attached hydrogens (tertiary/aromatic N) is 5. The maximum absolute atomic E-state index is 12.7.